The number of likely N-dealkylation sites (tertiary alicyclic amines) is 1. The molecule has 1 aliphatic rings. The first-order valence-electron chi connectivity index (χ1n) is 8.25. The number of halogens is 1. The molecule has 1 aliphatic heterocycles. The SMILES string of the molecule is CCc1nc(C2CCCN(C(=O)C(=O)Nc3cccc(F)c3)C2)no1. The first-order valence-corrected chi connectivity index (χ1v) is 8.25. The van der Waals surface area contributed by atoms with E-state index in [1.165, 1.54) is 23.1 Å². The fourth-order valence-corrected chi connectivity index (χ4v) is 2.84. The molecule has 2 amide bonds. The van der Waals surface area contributed by atoms with E-state index in [2.05, 4.69) is 15.5 Å². The van der Waals surface area contributed by atoms with E-state index in [9.17, 15) is 14.0 Å². The number of nitrogens with one attached hydrogen (secondary N) is 1. The Morgan fingerprint density at radius 2 is 2.28 bits per heavy atom. The van der Waals surface area contributed by atoms with Crippen molar-refractivity contribution in [2.45, 2.75) is 32.1 Å². The van der Waals surface area contributed by atoms with Gasteiger partial charge in [-0.2, -0.15) is 4.98 Å². The second kappa shape index (κ2) is 7.42. The molecule has 2 aromatic rings. The summed E-state index contributed by atoms with van der Waals surface area (Å²) in [4.78, 5) is 30.3. The molecule has 1 aromatic heterocycles. The van der Waals surface area contributed by atoms with Crippen LogP contribution in [0.15, 0.2) is 28.8 Å². The molecule has 1 fully saturated rings. The lowest BCUT2D eigenvalue weighted by atomic mass is 9.97. The highest BCUT2D eigenvalue weighted by molar-refractivity contribution is 6.39. The summed E-state index contributed by atoms with van der Waals surface area (Å²) in [6.07, 6.45) is 2.23. The summed E-state index contributed by atoms with van der Waals surface area (Å²) in [5.74, 6) is -0.834. The van der Waals surface area contributed by atoms with Crippen LogP contribution in [0.25, 0.3) is 0 Å². The smallest absolute Gasteiger partial charge is 0.313 e. The molecule has 7 nitrogen and oxygen atoms in total. The molecule has 1 atom stereocenters. The maximum absolute atomic E-state index is 13.2. The third kappa shape index (κ3) is 4.01. The van der Waals surface area contributed by atoms with Crippen molar-refractivity contribution in [1.29, 1.82) is 0 Å². The largest absolute Gasteiger partial charge is 0.339 e. The zero-order chi connectivity index (χ0) is 17.8. The number of rotatable bonds is 3. The first-order chi connectivity index (χ1) is 12.1. The molecule has 0 bridgehead atoms. The van der Waals surface area contributed by atoms with Crippen LogP contribution in [0.3, 0.4) is 0 Å². The number of benzene rings is 1. The van der Waals surface area contributed by atoms with Crippen LogP contribution in [-0.2, 0) is 16.0 Å². The van der Waals surface area contributed by atoms with Gasteiger partial charge in [-0.05, 0) is 31.0 Å². The van der Waals surface area contributed by atoms with Crippen LogP contribution < -0.4 is 5.32 Å². The first kappa shape index (κ1) is 17.1. The summed E-state index contributed by atoms with van der Waals surface area (Å²) in [5, 5.41) is 6.39. The van der Waals surface area contributed by atoms with Crippen LogP contribution in [0.4, 0.5) is 10.1 Å². The highest BCUT2D eigenvalue weighted by atomic mass is 19.1. The molecule has 0 radical (unpaired) electrons. The lowest BCUT2D eigenvalue weighted by molar-refractivity contribution is -0.144. The molecule has 1 unspecified atom stereocenters. The van der Waals surface area contributed by atoms with Gasteiger partial charge in [0.25, 0.3) is 0 Å². The van der Waals surface area contributed by atoms with Gasteiger partial charge in [0.15, 0.2) is 5.82 Å². The Hall–Kier alpha value is -2.77. The zero-order valence-corrected chi connectivity index (χ0v) is 13.9. The zero-order valence-electron chi connectivity index (χ0n) is 13.9. The number of hydrogen-bond acceptors (Lipinski definition) is 5. The monoisotopic (exact) mass is 346 g/mol. The number of hydrogen-bond donors (Lipinski definition) is 1. The Labute approximate surface area is 144 Å². The van der Waals surface area contributed by atoms with Crippen molar-refractivity contribution in [2.24, 2.45) is 0 Å². The van der Waals surface area contributed by atoms with Gasteiger partial charge < -0.3 is 14.7 Å². The van der Waals surface area contributed by atoms with E-state index in [-0.39, 0.29) is 11.6 Å². The van der Waals surface area contributed by atoms with E-state index in [0.29, 0.717) is 31.2 Å². The Balaban J connectivity index is 1.64. The number of nitrogens with zero attached hydrogens (tertiary/aromatic N) is 3. The van der Waals surface area contributed by atoms with Crippen molar-refractivity contribution < 1.29 is 18.5 Å². The Morgan fingerprint density at radius 3 is 3.00 bits per heavy atom. The standard InChI is InChI=1S/C17H19FN4O3/c1-2-14-20-15(21-25-14)11-5-4-8-22(10-11)17(24)16(23)19-13-7-3-6-12(18)9-13/h3,6-7,9,11H,2,4-5,8,10H2,1H3,(H,19,23). The average Bonchev–Trinajstić information content (AvgIpc) is 3.10. The fourth-order valence-electron chi connectivity index (χ4n) is 2.84. The van der Waals surface area contributed by atoms with E-state index in [1.54, 1.807) is 0 Å². The van der Waals surface area contributed by atoms with Crippen LogP contribution in [-0.4, -0.2) is 39.9 Å². The molecule has 3 rings (SSSR count). The van der Waals surface area contributed by atoms with Crippen LogP contribution in [0.1, 0.15) is 37.4 Å². The van der Waals surface area contributed by atoms with E-state index >= 15 is 0 Å². The fraction of sp³-hybridized carbons (Fsp3) is 0.412. The van der Waals surface area contributed by atoms with Gasteiger partial charge in [-0.15, -0.1) is 0 Å². The lowest BCUT2D eigenvalue weighted by Gasteiger charge is -2.30. The minimum atomic E-state index is -0.784. The normalized spacial score (nSPS) is 17.4. The van der Waals surface area contributed by atoms with Crippen LogP contribution >= 0.6 is 0 Å². The van der Waals surface area contributed by atoms with Crippen molar-refractivity contribution >= 4 is 17.5 Å². The van der Waals surface area contributed by atoms with E-state index in [1.807, 2.05) is 6.92 Å². The number of anilines is 1. The van der Waals surface area contributed by atoms with E-state index in [4.69, 9.17) is 4.52 Å². The molecule has 132 valence electrons. The van der Waals surface area contributed by atoms with Crippen LogP contribution in [0.2, 0.25) is 0 Å². The molecular weight excluding hydrogens is 327 g/mol. The molecule has 25 heavy (non-hydrogen) atoms. The van der Waals surface area contributed by atoms with Crippen molar-refractivity contribution in [1.82, 2.24) is 15.0 Å². The van der Waals surface area contributed by atoms with Crippen LogP contribution in [0, 0.1) is 5.82 Å². The van der Waals surface area contributed by atoms with Crippen molar-refractivity contribution in [2.75, 3.05) is 18.4 Å². The number of aryl methyl sites for hydroxylation is 1. The molecule has 0 aliphatic carbocycles. The number of carbonyl (C=O) groups is 2. The van der Waals surface area contributed by atoms with Crippen molar-refractivity contribution in [3.05, 3.63) is 41.8 Å². The number of amides is 2. The number of carbonyl (C=O) groups excluding carboxylic acids is 2. The predicted molar refractivity (Wildman–Crippen MR) is 87.3 cm³/mol. The molecule has 1 N–H and O–H groups in total. The third-order valence-electron chi connectivity index (χ3n) is 4.14. The minimum absolute atomic E-state index is 0.0521. The molecule has 8 heteroatoms. The van der Waals surface area contributed by atoms with Crippen molar-refractivity contribution in [3.63, 3.8) is 0 Å². The number of piperidine rings is 1. The minimum Gasteiger partial charge on any atom is -0.339 e. The summed E-state index contributed by atoms with van der Waals surface area (Å²) in [5.41, 5.74) is 0.248. The average molecular weight is 346 g/mol. The molecule has 1 aromatic carbocycles. The summed E-state index contributed by atoms with van der Waals surface area (Å²) < 4.78 is 18.3. The summed E-state index contributed by atoms with van der Waals surface area (Å²) >= 11 is 0. The third-order valence-corrected chi connectivity index (χ3v) is 4.14. The van der Waals surface area contributed by atoms with E-state index < -0.39 is 17.6 Å². The molecule has 0 spiro atoms. The maximum atomic E-state index is 13.2. The second-order valence-electron chi connectivity index (χ2n) is 5.95. The quantitative estimate of drug-likeness (QED) is 0.860. The van der Waals surface area contributed by atoms with E-state index in [0.717, 1.165) is 18.9 Å². The van der Waals surface area contributed by atoms with Gasteiger partial charge in [0, 0.05) is 31.1 Å². The van der Waals surface area contributed by atoms with Gasteiger partial charge >= 0.3 is 11.8 Å². The molecule has 1 saturated heterocycles. The second-order valence-corrected chi connectivity index (χ2v) is 5.95. The van der Waals surface area contributed by atoms with Crippen molar-refractivity contribution in [3.8, 4) is 0 Å². The summed E-state index contributed by atoms with van der Waals surface area (Å²) in [6, 6.07) is 5.42. The molecule has 2 heterocycles. The summed E-state index contributed by atoms with van der Waals surface area (Å²) in [6.45, 7) is 2.77. The van der Waals surface area contributed by atoms with Gasteiger partial charge in [-0.1, -0.05) is 18.1 Å². The topological polar surface area (TPSA) is 88.3 Å². The maximum Gasteiger partial charge on any atom is 0.313 e. The van der Waals surface area contributed by atoms with Gasteiger partial charge in [-0.25, -0.2) is 4.39 Å². The number of aromatic nitrogens is 2. The highest BCUT2D eigenvalue weighted by Gasteiger charge is 2.30. The van der Waals surface area contributed by atoms with Gasteiger partial charge in [0.2, 0.25) is 5.89 Å². The lowest BCUT2D eigenvalue weighted by Crippen LogP contribution is -2.44. The van der Waals surface area contributed by atoms with Gasteiger partial charge in [0.05, 0.1) is 0 Å². The predicted octanol–water partition coefficient (Wildman–Crippen LogP) is 2.12. The van der Waals surface area contributed by atoms with Crippen LogP contribution in [0.5, 0.6) is 0 Å². The Morgan fingerprint density at radius 1 is 1.44 bits per heavy atom. The van der Waals surface area contributed by atoms with Gasteiger partial charge in [0.1, 0.15) is 5.82 Å². The Kier molecular flexibility index (Phi) is 5.06. The summed E-state index contributed by atoms with van der Waals surface area (Å²) in [7, 11) is 0. The Bertz CT molecular complexity index is 777. The highest BCUT2D eigenvalue weighted by Crippen LogP contribution is 2.25. The molecule has 0 saturated carbocycles. The molecular formula is C17H19FN4O3. The van der Waals surface area contributed by atoms with Gasteiger partial charge in [-0.3, -0.25) is 9.59 Å².